The number of hydrogen-bond acceptors (Lipinski definition) is 2. The summed E-state index contributed by atoms with van der Waals surface area (Å²) in [6.45, 7) is 5.58. The lowest BCUT2D eigenvalue weighted by Gasteiger charge is -2.17. The molecule has 98 valence electrons. The van der Waals surface area contributed by atoms with Gasteiger partial charge >= 0.3 is 5.97 Å². The summed E-state index contributed by atoms with van der Waals surface area (Å²) in [6, 6.07) is 7.21. The molecule has 1 unspecified atom stereocenters. The van der Waals surface area contributed by atoms with Gasteiger partial charge in [0.1, 0.15) is 0 Å². The van der Waals surface area contributed by atoms with Crippen molar-refractivity contribution < 1.29 is 14.7 Å². The first kappa shape index (κ1) is 14.2. The van der Waals surface area contributed by atoms with E-state index in [1.807, 2.05) is 24.3 Å². The zero-order valence-corrected chi connectivity index (χ0v) is 10.9. The van der Waals surface area contributed by atoms with E-state index in [9.17, 15) is 9.59 Å². The third-order valence-electron chi connectivity index (χ3n) is 2.76. The molecular weight excluding hydrogens is 230 g/mol. The third kappa shape index (κ3) is 4.20. The number of carbonyl (C=O) groups excluding carboxylic acids is 1. The van der Waals surface area contributed by atoms with Crippen LogP contribution in [-0.4, -0.2) is 17.0 Å². The van der Waals surface area contributed by atoms with Crippen molar-refractivity contribution in [3.8, 4) is 0 Å². The first-order valence-electron chi connectivity index (χ1n) is 5.99. The highest BCUT2D eigenvalue weighted by Crippen LogP contribution is 2.20. The van der Waals surface area contributed by atoms with Gasteiger partial charge in [0.15, 0.2) is 0 Å². The van der Waals surface area contributed by atoms with E-state index >= 15 is 0 Å². The molecule has 4 nitrogen and oxygen atoms in total. The SMILES string of the molecule is CC(=O)NC(CC(=O)O)c1ccc(C(C)C)cc1. The van der Waals surface area contributed by atoms with Crippen molar-refractivity contribution in [3.05, 3.63) is 35.4 Å². The number of nitrogens with one attached hydrogen (secondary N) is 1. The van der Waals surface area contributed by atoms with Crippen LogP contribution in [0, 0.1) is 0 Å². The second kappa shape index (κ2) is 6.19. The number of hydrogen-bond donors (Lipinski definition) is 2. The lowest BCUT2D eigenvalue weighted by atomic mass is 9.98. The van der Waals surface area contributed by atoms with Crippen molar-refractivity contribution in [1.82, 2.24) is 5.32 Å². The van der Waals surface area contributed by atoms with E-state index in [2.05, 4.69) is 19.2 Å². The molecule has 1 atom stereocenters. The molecule has 1 rings (SSSR count). The van der Waals surface area contributed by atoms with Crippen molar-refractivity contribution in [1.29, 1.82) is 0 Å². The Labute approximate surface area is 107 Å². The van der Waals surface area contributed by atoms with Gasteiger partial charge in [-0.05, 0) is 17.0 Å². The molecule has 0 bridgehead atoms. The molecule has 0 radical (unpaired) electrons. The summed E-state index contributed by atoms with van der Waals surface area (Å²) >= 11 is 0. The van der Waals surface area contributed by atoms with Gasteiger partial charge < -0.3 is 10.4 Å². The molecule has 0 aliphatic heterocycles. The highest BCUT2D eigenvalue weighted by Gasteiger charge is 2.16. The van der Waals surface area contributed by atoms with Crippen LogP contribution in [0.1, 0.15) is 50.3 Å². The molecular formula is C14H19NO3. The Balaban J connectivity index is 2.90. The summed E-state index contributed by atoms with van der Waals surface area (Å²) < 4.78 is 0. The van der Waals surface area contributed by atoms with E-state index in [-0.39, 0.29) is 12.3 Å². The fourth-order valence-electron chi connectivity index (χ4n) is 1.79. The van der Waals surface area contributed by atoms with Gasteiger partial charge in [0.25, 0.3) is 0 Å². The average molecular weight is 249 g/mol. The van der Waals surface area contributed by atoms with Crippen LogP contribution >= 0.6 is 0 Å². The number of rotatable bonds is 5. The van der Waals surface area contributed by atoms with Crippen LogP contribution in [0.3, 0.4) is 0 Å². The Hall–Kier alpha value is -1.84. The molecule has 0 aliphatic carbocycles. The minimum Gasteiger partial charge on any atom is -0.481 e. The fraction of sp³-hybridized carbons (Fsp3) is 0.429. The van der Waals surface area contributed by atoms with Gasteiger partial charge in [-0.25, -0.2) is 0 Å². The topological polar surface area (TPSA) is 66.4 Å². The fourth-order valence-corrected chi connectivity index (χ4v) is 1.79. The largest absolute Gasteiger partial charge is 0.481 e. The average Bonchev–Trinajstić information content (AvgIpc) is 2.27. The van der Waals surface area contributed by atoms with Crippen molar-refractivity contribution >= 4 is 11.9 Å². The predicted molar refractivity (Wildman–Crippen MR) is 69.3 cm³/mol. The van der Waals surface area contributed by atoms with E-state index in [0.29, 0.717) is 5.92 Å². The Bertz CT molecular complexity index is 407. The molecule has 0 aliphatic rings. The van der Waals surface area contributed by atoms with E-state index < -0.39 is 12.0 Å². The molecule has 0 fully saturated rings. The van der Waals surface area contributed by atoms with Crippen LogP contribution in [0.5, 0.6) is 0 Å². The standard InChI is InChI=1S/C14H19NO3/c1-9(2)11-4-6-12(7-5-11)13(8-14(17)18)15-10(3)16/h4-7,9,13H,8H2,1-3H3,(H,15,16)(H,17,18). The second-order valence-corrected chi connectivity index (χ2v) is 4.67. The van der Waals surface area contributed by atoms with E-state index in [1.165, 1.54) is 12.5 Å². The quantitative estimate of drug-likeness (QED) is 0.842. The smallest absolute Gasteiger partial charge is 0.305 e. The van der Waals surface area contributed by atoms with Gasteiger partial charge in [0.05, 0.1) is 12.5 Å². The maximum absolute atomic E-state index is 11.1. The van der Waals surface area contributed by atoms with Crippen LogP contribution in [0.15, 0.2) is 24.3 Å². The number of carbonyl (C=O) groups is 2. The summed E-state index contributed by atoms with van der Waals surface area (Å²) in [6.07, 6.45) is -0.111. The van der Waals surface area contributed by atoms with E-state index in [4.69, 9.17) is 5.11 Å². The first-order valence-corrected chi connectivity index (χ1v) is 5.99. The van der Waals surface area contributed by atoms with Crippen molar-refractivity contribution in [3.63, 3.8) is 0 Å². The number of carboxylic acid groups (broad SMARTS) is 1. The van der Waals surface area contributed by atoms with E-state index in [1.54, 1.807) is 0 Å². The number of amides is 1. The zero-order chi connectivity index (χ0) is 13.7. The zero-order valence-electron chi connectivity index (χ0n) is 10.9. The van der Waals surface area contributed by atoms with Gasteiger partial charge in [0.2, 0.25) is 5.91 Å². The second-order valence-electron chi connectivity index (χ2n) is 4.67. The summed E-state index contributed by atoms with van der Waals surface area (Å²) in [5.74, 6) is -0.728. The Kier molecular flexibility index (Phi) is 4.89. The first-order chi connectivity index (χ1) is 8.40. The lowest BCUT2D eigenvalue weighted by molar-refractivity contribution is -0.137. The van der Waals surface area contributed by atoms with Crippen LogP contribution in [0.2, 0.25) is 0 Å². The molecule has 2 N–H and O–H groups in total. The van der Waals surface area contributed by atoms with E-state index in [0.717, 1.165) is 5.56 Å². The number of benzene rings is 1. The van der Waals surface area contributed by atoms with Gasteiger partial charge in [-0.1, -0.05) is 38.1 Å². The monoisotopic (exact) mass is 249 g/mol. The number of carboxylic acids is 1. The lowest BCUT2D eigenvalue weighted by Crippen LogP contribution is -2.27. The molecule has 1 amide bonds. The molecule has 0 saturated heterocycles. The third-order valence-corrected chi connectivity index (χ3v) is 2.76. The Morgan fingerprint density at radius 2 is 1.67 bits per heavy atom. The molecule has 1 aromatic rings. The highest BCUT2D eigenvalue weighted by molar-refractivity contribution is 5.75. The highest BCUT2D eigenvalue weighted by atomic mass is 16.4. The number of aliphatic carboxylic acids is 1. The molecule has 4 heteroatoms. The summed E-state index contributed by atoms with van der Waals surface area (Å²) in [7, 11) is 0. The summed E-state index contributed by atoms with van der Waals surface area (Å²) in [5, 5.41) is 11.5. The van der Waals surface area contributed by atoms with Crippen LogP contribution in [0.4, 0.5) is 0 Å². The van der Waals surface area contributed by atoms with Crippen LogP contribution in [-0.2, 0) is 9.59 Å². The maximum Gasteiger partial charge on any atom is 0.305 e. The summed E-state index contributed by atoms with van der Waals surface area (Å²) in [4.78, 5) is 21.9. The molecule has 1 aromatic carbocycles. The minimum absolute atomic E-state index is 0.111. The Morgan fingerprint density at radius 3 is 2.06 bits per heavy atom. The van der Waals surface area contributed by atoms with Gasteiger partial charge in [-0.2, -0.15) is 0 Å². The molecule has 18 heavy (non-hydrogen) atoms. The van der Waals surface area contributed by atoms with Crippen molar-refractivity contribution in [2.75, 3.05) is 0 Å². The Morgan fingerprint density at radius 1 is 1.17 bits per heavy atom. The predicted octanol–water partition coefficient (Wildman–Crippen LogP) is 2.46. The summed E-state index contributed by atoms with van der Waals surface area (Å²) in [5.41, 5.74) is 2.01. The molecule has 0 heterocycles. The van der Waals surface area contributed by atoms with Crippen LogP contribution < -0.4 is 5.32 Å². The molecule has 0 aromatic heterocycles. The van der Waals surface area contributed by atoms with Gasteiger partial charge in [0, 0.05) is 6.92 Å². The molecule has 0 spiro atoms. The van der Waals surface area contributed by atoms with Crippen molar-refractivity contribution in [2.45, 2.75) is 39.2 Å². The molecule has 0 saturated carbocycles. The minimum atomic E-state index is -0.929. The van der Waals surface area contributed by atoms with Gasteiger partial charge in [-0.15, -0.1) is 0 Å². The van der Waals surface area contributed by atoms with Gasteiger partial charge in [-0.3, -0.25) is 9.59 Å². The maximum atomic E-state index is 11.1. The van der Waals surface area contributed by atoms with Crippen molar-refractivity contribution in [2.24, 2.45) is 0 Å². The van der Waals surface area contributed by atoms with Crippen LogP contribution in [0.25, 0.3) is 0 Å². The normalized spacial score (nSPS) is 12.2.